The lowest BCUT2D eigenvalue weighted by Gasteiger charge is -2.12. The van der Waals surface area contributed by atoms with Crippen LogP contribution in [0.25, 0.3) is 0 Å². The highest BCUT2D eigenvalue weighted by atomic mass is 32.2. The molecule has 2 heterocycles. The molecule has 18 heavy (non-hydrogen) atoms. The molecule has 0 atom stereocenters. The quantitative estimate of drug-likeness (QED) is 0.575. The summed E-state index contributed by atoms with van der Waals surface area (Å²) in [7, 11) is 0. The van der Waals surface area contributed by atoms with Gasteiger partial charge in [0.1, 0.15) is 9.98 Å². The highest BCUT2D eigenvalue weighted by Gasteiger charge is 2.39. The van der Waals surface area contributed by atoms with Crippen molar-refractivity contribution in [1.29, 1.82) is 0 Å². The number of carbonyl (C=O) groups is 2. The third-order valence-electron chi connectivity index (χ3n) is 2.54. The number of thioether (sulfide) groups is 2. The van der Waals surface area contributed by atoms with Gasteiger partial charge in [-0.1, -0.05) is 24.4 Å². The van der Waals surface area contributed by atoms with Crippen LogP contribution in [0.5, 0.6) is 0 Å². The Bertz CT molecular complexity index is 456. The van der Waals surface area contributed by atoms with Crippen LogP contribution in [0.2, 0.25) is 0 Å². The predicted molar refractivity (Wildman–Crippen MR) is 83.0 cm³/mol. The van der Waals surface area contributed by atoms with Crippen molar-refractivity contribution in [1.82, 2.24) is 9.80 Å². The lowest BCUT2D eigenvalue weighted by molar-refractivity contribution is 0.246. The number of nitrogens with zero attached hydrogens (tertiary/aromatic N) is 2. The van der Waals surface area contributed by atoms with Crippen LogP contribution >= 0.6 is 48.0 Å². The molecule has 0 N–H and O–H groups in total. The maximum absolute atomic E-state index is 11.7. The van der Waals surface area contributed by atoms with Gasteiger partial charge >= 0.3 is 0 Å². The van der Waals surface area contributed by atoms with Crippen LogP contribution in [0.4, 0.5) is 9.59 Å². The number of amides is 2. The minimum absolute atomic E-state index is 0.101. The largest absolute Gasteiger partial charge is 0.293 e. The fourth-order valence-electron chi connectivity index (χ4n) is 1.62. The molecule has 0 bridgehead atoms. The molecule has 2 saturated heterocycles. The second-order valence-corrected chi connectivity index (χ2v) is 6.19. The van der Waals surface area contributed by atoms with E-state index in [9.17, 15) is 9.59 Å². The number of thiocarbonyl (C=S) groups is 2. The van der Waals surface area contributed by atoms with Gasteiger partial charge in [0.25, 0.3) is 10.5 Å². The monoisotopic (exact) mass is 318 g/mol. The zero-order valence-corrected chi connectivity index (χ0v) is 13.0. The van der Waals surface area contributed by atoms with Gasteiger partial charge in [-0.05, 0) is 37.4 Å². The maximum atomic E-state index is 11.7. The topological polar surface area (TPSA) is 40.6 Å². The first-order valence-electron chi connectivity index (χ1n) is 5.32. The first-order chi connectivity index (χ1) is 8.51. The zero-order valence-electron chi connectivity index (χ0n) is 9.76. The summed E-state index contributed by atoms with van der Waals surface area (Å²) in [4.78, 5) is 28.8. The first kappa shape index (κ1) is 14.0. The molecule has 0 aliphatic carbocycles. The van der Waals surface area contributed by atoms with Gasteiger partial charge in [0.2, 0.25) is 0 Å². The second-order valence-electron chi connectivity index (χ2n) is 3.49. The van der Waals surface area contributed by atoms with E-state index in [0.717, 1.165) is 23.5 Å². The Balaban J connectivity index is 2.40. The summed E-state index contributed by atoms with van der Waals surface area (Å²) in [5, 5.41) is -0.202. The molecule has 0 spiro atoms. The van der Waals surface area contributed by atoms with E-state index in [-0.39, 0.29) is 10.5 Å². The maximum Gasteiger partial charge on any atom is 0.291 e. The smallest absolute Gasteiger partial charge is 0.291 e. The average molecular weight is 318 g/mol. The van der Waals surface area contributed by atoms with E-state index in [0.29, 0.717) is 32.9 Å². The summed E-state index contributed by atoms with van der Waals surface area (Å²) in [6.45, 7) is 4.79. The van der Waals surface area contributed by atoms with Crippen LogP contribution < -0.4 is 0 Å². The van der Waals surface area contributed by atoms with Gasteiger partial charge in [-0.3, -0.25) is 19.4 Å². The van der Waals surface area contributed by atoms with Gasteiger partial charge in [-0.2, -0.15) is 0 Å². The van der Waals surface area contributed by atoms with Crippen LogP contribution in [0, 0.1) is 0 Å². The lowest BCUT2D eigenvalue weighted by Crippen LogP contribution is -2.28. The van der Waals surface area contributed by atoms with Crippen LogP contribution in [-0.2, 0) is 0 Å². The molecule has 2 aliphatic rings. The van der Waals surface area contributed by atoms with Crippen molar-refractivity contribution in [2.75, 3.05) is 13.1 Å². The molecular formula is C10H10N2O2S4. The SMILES string of the molecule is CCN1C(=O)S/C(=C2/SC(=O)N(CC)C2=S)C1=S. The number of hydrogen-bond donors (Lipinski definition) is 0. The van der Waals surface area contributed by atoms with Crippen LogP contribution in [-0.4, -0.2) is 43.3 Å². The Morgan fingerprint density at radius 1 is 0.889 bits per heavy atom. The summed E-state index contributed by atoms with van der Waals surface area (Å²) in [5.74, 6) is 0. The summed E-state index contributed by atoms with van der Waals surface area (Å²) >= 11 is 12.6. The normalized spacial score (nSPS) is 24.8. The van der Waals surface area contributed by atoms with Crippen molar-refractivity contribution < 1.29 is 9.59 Å². The van der Waals surface area contributed by atoms with E-state index >= 15 is 0 Å². The Morgan fingerprint density at radius 2 is 1.22 bits per heavy atom. The lowest BCUT2D eigenvalue weighted by atomic mass is 10.4. The molecule has 2 rings (SSSR count). The minimum atomic E-state index is -0.101. The van der Waals surface area contributed by atoms with Crippen molar-refractivity contribution in [3.8, 4) is 0 Å². The van der Waals surface area contributed by atoms with Gasteiger partial charge in [-0.15, -0.1) is 0 Å². The molecule has 0 saturated carbocycles. The molecule has 2 aliphatic heterocycles. The van der Waals surface area contributed by atoms with Crippen molar-refractivity contribution in [3.63, 3.8) is 0 Å². The Hall–Kier alpha value is -0.440. The fraction of sp³-hybridized carbons (Fsp3) is 0.400. The van der Waals surface area contributed by atoms with Gasteiger partial charge < -0.3 is 0 Å². The van der Waals surface area contributed by atoms with E-state index in [1.54, 1.807) is 0 Å². The van der Waals surface area contributed by atoms with Crippen LogP contribution in [0.15, 0.2) is 9.81 Å². The molecular weight excluding hydrogens is 308 g/mol. The number of carbonyl (C=O) groups excluding carboxylic acids is 2. The van der Waals surface area contributed by atoms with E-state index < -0.39 is 0 Å². The molecule has 2 fully saturated rings. The molecule has 0 radical (unpaired) electrons. The second kappa shape index (κ2) is 5.28. The van der Waals surface area contributed by atoms with E-state index in [4.69, 9.17) is 24.4 Å². The molecule has 8 heteroatoms. The zero-order chi connectivity index (χ0) is 13.4. The van der Waals surface area contributed by atoms with Crippen LogP contribution in [0.3, 0.4) is 0 Å². The molecule has 4 nitrogen and oxygen atoms in total. The van der Waals surface area contributed by atoms with Gasteiger partial charge in [-0.25, -0.2) is 0 Å². The van der Waals surface area contributed by atoms with Gasteiger partial charge in [0.05, 0.1) is 9.81 Å². The first-order valence-corrected chi connectivity index (χ1v) is 7.77. The highest BCUT2D eigenvalue weighted by molar-refractivity contribution is 8.23. The Kier molecular flexibility index (Phi) is 4.10. The summed E-state index contributed by atoms with van der Waals surface area (Å²) in [5.41, 5.74) is 0. The molecule has 0 unspecified atom stereocenters. The minimum Gasteiger partial charge on any atom is -0.293 e. The summed E-state index contributed by atoms with van der Waals surface area (Å²) in [6, 6.07) is 0. The number of likely N-dealkylation sites (N-methyl/N-ethyl adjacent to an activating group) is 2. The van der Waals surface area contributed by atoms with Crippen LogP contribution in [0.1, 0.15) is 13.8 Å². The third-order valence-corrected chi connectivity index (χ3v) is 5.77. The molecule has 0 aromatic rings. The van der Waals surface area contributed by atoms with E-state index in [1.807, 2.05) is 13.8 Å². The van der Waals surface area contributed by atoms with Crippen molar-refractivity contribution >= 4 is 68.4 Å². The number of hydrogen-bond acceptors (Lipinski definition) is 6. The van der Waals surface area contributed by atoms with Crippen molar-refractivity contribution in [3.05, 3.63) is 9.81 Å². The Morgan fingerprint density at radius 3 is 1.44 bits per heavy atom. The average Bonchev–Trinajstić information content (AvgIpc) is 2.76. The molecule has 96 valence electrons. The van der Waals surface area contributed by atoms with E-state index in [2.05, 4.69) is 0 Å². The third kappa shape index (κ3) is 2.11. The van der Waals surface area contributed by atoms with Crippen molar-refractivity contribution in [2.24, 2.45) is 0 Å². The summed E-state index contributed by atoms with van der Waals surface area (Å²) in [6.07, 6.45) is 0. The molecule has 2 amide bonds. The van der Waals surface area contributed by atoms with E-state index in [1.165, 1.54) is 9.80 Å². The fourth-order valence-corrected chi connectivity index (χ4v) is 4.77. The standard InChI is InChI=1S/C10H10N2O2S4/c1-3-11-7(15)5(17-9(11)13)6-8(16)12(4-2)10(14)18-6/h3-4H2,1-2H3/b6-5+. The molecule has 0 aromatic heterocycles. The predicted octanol–water partition coefficient (Wildman–Crippen LogP) is 3.23. The molecule has 0 aromatic carbocycles. The van der Waals surface area contributed by atoms with Gasteiger partial charge in [0, 0.05) is 13.1 Å². The number of rotatable bonds is 2. The van der Waals surface area contributed by atoms with Gasteiger partial charge in [0.15, 0.2) is 0 Å². The summed E-state index contributed by atoms with van der Waals surface area (Å²) < 4.78 is 0. The Labute approximate surface area is 124 Å². The van der Waals surface area contributed by atoms with Crippen molar-refractivity contribution in [2.45, 2.75) is 13.8 Å². The highest BCUT2D eigenvalue weighted by Crippen LogP contribution is 2.42.